The topological polar surface area (TPSA) is 78.9 Å². The van der Waals surface area contributed by atoms with E-state index < -0.39 is 0 Å². The zero-order valence-corrected chi connectivity index (χ0v) is 14.2. The van der Waals surface area contributed by atoms with Crippen LogP contribution < -0.4 is 16.0 Å². The van der Waals surface area contributed by atoms with Crippen molar-refractivity contribution in [2.45, 2.75) is 6.92 Å². The van der Waals surface area contributed by atoms with Crippen LogP contribution in [0.3, 0.4) is 0 Å². The lowest BCUT2D eigenvalue weighted by atomic mass is 10.2. The fraction of sp³-hybridized carbons (Fsp3) is 0.0556. The number of carbonyl (C=O) groups is 1. The lowest BCUT2D eigenvalue weighted by molar-refractivity contribution is 0.262. The van der Waals surface area contributed by atoms with Crippen molar-refractivity contribution in [3.8, 4) is 0 Å². The number of para-hydroxylation sites is 1. The summed E-state index contributed by atoms with van der Waals surface area (Å²) in [7, 11) is 0. The molecule has 0 aliphatic heterocycles. The first-order valence-corrected chi connectivity index (χ1v) is 7.98. The maximum atomic E-state index is 11.9. The molecular formula is C18H16ClN5O. The first-order valence-electron chi connectivity index (χ1n) is 7.61. The van der Waals surface area contributed by atoms with Gasteiger partial charge < -0.3 is 10.6 Å². The Balaban J connectivity index is 1.62. The predicted molar refractivity (Wildman–Crippen MR) is 101 cm³/mol. The summed E-state index contributed by atoms with van der Waals surface area (Å²) in [5.74, 6) is 0.904. The molecule has 7 heteroatoms. The molecule has 3 aromatic rings. The largest absolute Gasteiger partial charge is 0.338 e. The van der Waals surface area contributed by atoms with Crippen LogP contribution >= 0.6 is 11.6 Å². The molecule has 126 valence electrons. The van der Waals surface area contributed by atoms with Gasteiger partial charge in [0.05, 0.1) is 0 Å². The van der Waals surface area contributed by atoms with Gasteiger partial charge in [0.2, 0.25) is 0 Å². The van der Waals surface area contributed by atoms with E-state index in [-0.39, 0.29) is 6.03 Å². The van der Waals surface area contributed by atoms with E-state index in [1.165, 1.54) is 0 Å². The molecule has 6 nitrogen and oxygen atoms in total. The predicted octanol–water partition coefficient (Wildman–Crippen LogP) is 4.83. The van der Waals surface area contributed by atoms with Crippen LogP contribution in [0.1, 0.15) is 5.56 Å². The van der Waals surface area contributed by atoms with Crippen LogP contribution in [0.5, 0.6) is 0 Å². The van der Waals surface area contributed by atoms with E-state index in [9.17, 15) is 4.79 Å². The Morgan fingerprint density at radius 3 is 2.32 bits per heavy atom. The van der Waals surface area contributed by atoms with Crippen molar-refractivity contribution in [2.75, 3.05) is 16.0 Å². The Morgan fingerprint density at radius 2 is 1.60 bits per heavy atom. The summed E-state index contributed by atoms with van der Waals surface area (Å²) in [5.41, 5.74) is 2.47. The fourth-order valence-corrected chi connectivity index (χ4v) is 2.32. The standard InChI is InChI=1S/C18H16ClN5O/c1-12-14(19)8-5-9-15(12)21-16-10-11-17(24-23-16)22-18(25)20-13-6-3-2-4-7-13/h2-11H,1H3,(H,21,23)(H2,20,22,24,25). The molecule has 0 radical (unpaired) electrons. The highest BCUT2D eigenvalue weighted by atomic mass is 35.5. The van der Waals surface area contributed by atoms with E-state index >= 15 is 0 Å². The van der Waals surface area contributed by atoms with Crippen LogP contribution in [-0.4, -0.2) is 16.2 Å². The van der Waals surface area contributed by atoms with Gasteiger partial charge in [-0.2, -0.15) is 0 Å². The number of aromatic nitrogens is 2. The number of hydrogen-bond acceptors (Lipinski definition) is 4. The molecular weight excluding hydrogens is 338 g/mol. The highest BCUT2D eigenvalue weighted by molar-refractivity contribution is 6.31. The molecule has 0 bridgehead atoms. The minimum atomic E-state index is -0.383. The monoisotopic (exact) mass is 353 g/mol. The van der Waals surface area contributed by atoms with Crippen LogP contribution in [-0.2, 0) is 0 Å². The average molecular weight is 354 g/mol. The lowest BCUT2D eigenvalue weighted by Gasteiger charge is -2.10. The Kier molecular flexibility index (Phi) is 5.11. The van der Waals surface area contributed by atoms with Gasteiger partial charge in [-0.15, -0.1) is 10.2 Å². The minimum Gasteiger partial charge on any atom is -0.338 e. The molecule has 0 fully saturated rings. The van der Waals surface area contributed by atoms with Crippen LogP contribution in [0.4, 0.5) is 27.8 Å². The molecule has 0 spiro atoms. The fourth-order valence-electron chi connectivity index (χ4n) is 2.15. The molecule has 1 aromatic heterocycles. The molecule has 0 aliphatic rings. The second kappa shape index (κ2) is 7.63. The highest BCUT2D eigenvalue weighted by Crippen LogP contribution is 2.25. The quantitative estimate of drug-likeness (QED) is 0.628. The van der Waals surface area contributed by atoms with Crippen molar-refractivity contribution in [2.24, 2.45) is 0 Å². The molecule has 2 amide bonds. The first kappa shape index (κ1) is 16.7. The maximum absolute atomic E-state index is 11.9. The van der Waals surface area contributed by atoms with Crippen LogP contribution in [0, 0.1) is 6.92 Å². The van der Waals surface area contributed by atoms with Gasteiger partial charge in [0.1, 0.15) is 0 Å². The van der Waals surface area contributed by atoms with Gasteiger partial charge in [-0.1, -0.05) is 35.9 Å². The molecule has 1 heterocycles. The summed E-state index contributed by atoms with van der Waals surface area (Å²) < 4.78 is 0. The van der Waals surface area contributed by atoms with Gasteiger partial charge in [-0.3, -0.25) is 5.32 Å². The molecule has 0 unspecified atom stereocenters. The van der Waals surface area contributed by atoms with Gasteiger partial charge in [-0.05, 0) is 48.9 Å². The lowest BCUT2D eigenvalue weighted by Crippen LogP contribution is -2.20. The zero-order chi connectivity index (χ0) is 17.6. The van der Waals surface area contributed by atoms with Gasteiger partial charge in [0.15, 0.2) is 11.6 Å². The Hall–Kier alpha value is -3.12. The van der Waals surface area contributed by atoms with Crippen molar-refractivity contribution >= 4 is 40.6 Å². The molecule has 0 atom stereocenters. The maximum Gasteiger partial charge on any atom is 0.324 e. The van der Waals surface area contributed by atoms with Crippen LogP contribution in [0.2, 0.25) is 5.02 Å². The Bertz CT molecular complexity index is 868. The van der Waals surface area contributed by atoms with E-state index in [0.29, 0.717) is 22.3 Å². The van der Waals surface area contributed by atoms with Gasteiger partial charge >= 0.3 is 6.03 Å². The summed E-state index contributed by atoms with van der Waals surface area (Å²) in [6.07, 6.45) is 0. The summed E-state index contributed by atoms with van der Waals surface area (Å²) in [5, 5.41) is 17.2. The second-order valence-electron chi connectivity index (χ2n) is 5.29. The summed E-state index contributed by atoms with van der Waals surface area (Å²) in [6, 6.07) is 17.8. The molecule has 0 saturated carbocycles. The van der Waals surface area contributed by atoms with E-state index in [0.717, 1.165) is 11.3 Å². The van der Waals surface area contributed by atoms with Crippen LogP contribution in [0.25, 0.3) is 0 Å². The van der Waals surface area contributed by atoms with Crippen molar-refractivity contribution in [1.82, 2.24) is 10.2 Å². The van der Waals surface area contributed by atoms with Gasteiger partial charge in [0, 0.05) is 16.4 Å². The third-order valence-corrected chi connectivity index (χ3v) is 3.88. The summed E-state index contributed by atoms with van der Waals surface area (Å²) in [4.78, 5) is 11.9. The molecule has 0 aliphatic carbocycles. The van der Waals surface area contributed by atoms with Gasteiger partial charge in [-0.25, -0.2) is 4.79 Å². The Labute approximate surface area is 150 Å². The smallest absolute Gasteiger partial charge is 0.324 e. The molecule has 3 N–H and O–H groups in total. The Morgan fingerprint density at radius 1 is 0.880 bits per heavy atom. The number of benzene rings is 2. The van der Waals surface area contributed by atoms with Gasteiger partial charge in [0.25, 0.3) is 0 Å². The number of halogens is 1. The van der Waals surface area contributed by atoms with E-state index in [2.05, 4.69) is 26.1 Å². The van der Waals surface area contributed by atoms with Crippen molar-refractivity contribution in [3.05, 3.63) is 71.2 Å². The number of urea groups is 1. The average Bonchev–Trinajstić information content (AvgIpc) is 2.61. The second-order valence-corrected chi connectivity index (χ2v) is 5.69. The normalized spacial score (nSPS) is 10.2. The summed E-state index contributed by atoms with van der Waals surface area (Å²) in [6.45, 7) is 1.92. The first-order chi connectivity index (χ1) is 12.1. The van der Waals surface area contributed by atoms with Crippen molar-refractivity contribution in [3.63, 3.8) is 0 Å². The number of hydrogen-bond donors (Lipinski definition) is 3. The molecule has 2 aromatic carbocycles. The number of anilines is 4. The molecule has 3 rings (SSSR count). The molecule has 0 saturated heterocycles. The number of nitrogens with zero attached hydrogens (tertiary/aromatic N) is 2. The van der Waals surface area contributed by atoms with E-state index in [1.807, 2.05) is 43.3 Å². The van der Waals surface area contributed by atoms with E-state index in [1.54, 1.807) is 24.3 Å². The van der Waals surface area contributed by atoms with Crippen LogP contribution in [0.15, 0.2) is 60.7 Å². The number of carbonyl (C=O) groups excluding carboxylic acids is 1. The van der Waals surface area contributed by atoms with E-state index in [4.69, 9.17) is 11.6 Å². The highest BCUT2D eigenvalue weighted by Gasteiger charge is 2.06. The summed E-state index contributed by atoms with van der Waals surface area (Å²) >= 11 is 6.10. The van der Waals surface area contributed by atoms with Crippen molar-refractivity contribution in [1.29, 1.82) is 0 Å². The molecule has 25 heavy (non-hydrogen) atoms. The number of amides is 2. The SMILES string of the molecule is Cc1c(Cl)cccc1Nc1ccc(NC(=O)Nc2ccccc2)nn1. The number of nitrogens with one attached hydrogen (secondary N) is 3. The third-order valence-electron chi connectivity index (χ3n) is 3.47. The minimum absolute atomic E-state index is 0.349. The zero-order valence-electron chi connectivity index (χ0n) is 13.5. The number of rotatable bonds is 4. The van der Waals surface area contributed by atoms with Crippen molar-refractivity contribution < 1.29 is 4.79 Å². The third kappa shape index (κ3) is 4.45.